The van der Waals surface area contributed by atoms with Gasteiger partial charge in [0.1, 0.15) is 59.0 Å². The maximum absolute atomic E-state index is 15.8. The van der Waals surface area contributed by atoms with Gasteiger partial charge in [-0.25, -0.2) is 0 Å². The molecule has 9 amide bonds. The molecule has 6 heterocycles. The number of epoxide rings is 3. The van der Waals surface area contributed by atoms with Crippen molar-refractivity contribution in [1.82, 2.24) is 57.7 Å². The van der Waals surface area contributed by atoms with Gasteiger partial charge in [-0.05, 0) is 182 Å². The average molecular weight is 1740 g/mol. The summed E-state index contributed by atoms with van der Waals surface area (Å²) in [6.45, 7) is 12.1. The number of phenolic OH excluding ortho intramolecular Hbond substituents is 1. The molecule has 125 heavy (non-hydrogen) atoms. The lowest BCUT2D eigenvalue weighted by Crippen LogP contribution is -2.58. The van der Waals surface area contributed by atoms with E-state index in [4.69, 9.17) is 42.6 Å². The summed E-state index contributed by atoms with van der Waals surface area (Å²) in [5.74, 6) is -4.24. The number of ether oxygens (including phenoxy) is 9. The standard InChI is InChI=1S/C92H129N11O22/c1-55(93-78(105)47-61-28-33-120-34-29-61)84(111)99-74(42-60-19-25-68(118-7)26-20-60)88(115)98-72(44-63-16-22-66(39-63)65-15-11-14-62(38-65)43-71(82(109)91(5)53-124-91)97-87(114)73(41-59-17-23-67(117-6)24-18-59)100-85(112)56(2)94-79(106)50-102-30-35-121-36-31-102)83(110)92(54-125-92)48-69-49-103(32-37-122-69)51-80(107)95-57(3)86(113)101-75(45-64-21-27-77(119-8)76(104)46-64)89(116)96-70(40-58-12-9-10-13-58)81(108)90(4)52-123-90/h14,17-21,23-27,46,55-58,61,63,65-66,69-75,104H,9-13,15-16,22,28-45,47-54H2,1-8H3,(H,93,105)(H,94,106)(H,95,107)(H,96,116)(H,97,114)(H,98,115)(H,99,111)(H,100,112)(H,101,113). The second kappa shape index (κ2) is 43.8. The van der Waals surface area contributed by atoms with Crippen LogP contribution in [-0.2, 0) is 105 Å². The predicted octanol–water partition coefficient (Wildman–Crippen LogP) is 3.67. The molecule has 684 valence electrons. The lowest BCUT2D eigenvalue weighted by Gasteiger charge is -2.34. The maximum atomic E-state index is 15.8. The molecule has 8 fully saturated rings. The van der Waals surface area contributed by atoms with Gasteiger partial charge in [-0.1, -0.05) is 74.1 Å². The number of nitrogens with one attached hydrogen (secondary N) is 9. The second-order valence-corrected chi connectivity index (χ2v) is 36.2. The Kier molecular flexibility index (Phi) is 33.2. The summed E-state index contributed by atoms with van der Waals surface area (Å²) in [6.07, 6.45) is 12.0. The van der Waals surface area contributed by atoms with E-state index >= 15 is 9.59 Å². The zero-order valence-electron chi connectivity index (χ0n) is 73.5. The van der Waals surface area contributed by atoms with Gasteiger partial charge in [-0.3, -0.25) is 67.3 Å². The van der Waals surface area contributed by atoms with Crippen LogP contribution in [0.15, 0.2) is 78.4 Å². The van der Waals surface area contributed by atoms with E-state index in [0.717, 1.165) is 44.1 Å². The van der Waals surface area contributed by atoms with Crippen LogP contribution in [-0.4, -0.2) is 276 Å². The van der Waals surface area contributed by atoms with Gasteiger partial charge in [0.15, 0.2) is 34.4 Å². The summed E-state index contributed by atoms with van der Waals surface area (Å²) < 4.78 is 50.9. The van der Waals surface area contributed by atoms with Gasteiger partial charge in [0.05, 0.1) is 98.3 Å². The van der Waals surface area contributed by atoms with Crippen molar-refractivity contribution in [2.45, 2.75) is 240 Å². The number of Topliss-reactive ketones (excluding diaryl/α,β-unsaturated/α-hetero) is 3. The highest BCUT2D eigenvalue weighted by Gasteiger charge is 2.57. The van der Waals surface area contributed by atoms with Crippen LogP contribution in [0.5, 0.6) is 23.0 Å². The van der Waals surface area contributed by atoms with Gasteiger partial charge in [-0.2, -0.15) is 0 Å². The topological polar surface area (TPSA) is 433 Å². The first-order valence-electron chi connectivity index (χ1n) is 44.7. The van der Waals surface area contributed by atoms with Crippen LogP contribution < -0.4 is 62.1 Å². The highest BCUT2D eigenvalue weighted by Crippen LogP contribution is 2.46. The van der Waals surface area contributed by atoms with Gasteiger partial charge in [0, 0.05) is 71.5 Å². The SMILES string of the molecule is COc1ccc(CC(NC(=O)C(C)NC(=O)CN2CCOCC2)C(=O)NC(CC2=CCCC(C3CCC(CC(NC(=O)C(Cc4ccc(OC)cc4)NC(=O)C(C)NC(=O)CC4CCOCC4)C(=O)C4(CC5CN(CC(=O)NC(C)C(=O)NC(Cc6ccc(OC)c(O)c6)C(=O)NC(CC6CCCC6)C(=O)C6(C)CO6)CCO5)CO4)C3)C2)C(=O)C2(C)CO2)cc1. The summed E-state index contributed by atoms with van der Waals surface area (Å²) in [6, 6.07) is 8.76. The average Bonchev–Trinajstić information content (AvgIpc) is 1.61. The molecule has 12 rings (SSSR count). The molecule has 33 heteroatoms. The van der Waals surface area contributed by atoms with E-state index in [1.807, 2.05) is 9.80 Å². The zero-order valence-corrected chi connectivity index (χ0v) is 73.5. The molecule has 33 nitrogen and oxygen atoms in total. The molecule has 3 aliphatic carbocycles. The summed E-state index contributed by atoms with van der Waals surface area (Å²) in [7, 11) is 4.48. The number of nitrogens with zero attached hydrogens (tertiary/aromatic N) is 2. The molecule has 0 radical (unpaired) electrons. The smallest absolute Gasteiger partial charge is 0.243 e. The molecule has 9 aliphatic rings. The number of hydrogen-bond donors (Lipinski definition) is 10. The Labute approximate surface area is 731 Å². The normalized spacial score (nSPS) is 25.4. The minimum Gasteiger partial charge on any atom is -0.504 e. The van der Waals surface area contributed by atoms with Crippen LogP contribution in [0.3, 0.4) is 0 Å². The van der Waals surface area contributed by atoms with Crippen molar-refractivity contribution in [3.63, 3.8) is 0 Å². The van der Waals surface area contributed by atoms with E-state index in [2.05, 4.69) is 53.9 Å². The molecule has 3 aromatic carbocycles. The first-order chi connectivity index (χ1) is 59.9. The van der Waals surface area contributed by atoms with Crippen molar-refractivity contribution in [3.8, 4) is 23.0 Å². The summed E-state index contributed by atoms with van der Waals surface area (Å²) in [5, 5.41) is 36.8. The minimum atomic E-state index is -1.44. The van der Waals surface area contributed by atoms with Crippen LogP contribution in [0.1, 0.15) is 160 Å². The molecule has 2 saturated carbocycles. The summed E-state index contributed by atoms with van der Waals surface area (Å²) in [4.78, 5) is 176. The van der Waals surface area contributed by atoms with Crippen molar-refractivity contribution in [2.24, 2.45) is 29.6 Å². The number of rotatable bonds is 45. The third-order valence-corrected chi connectivity index (χ3v) is 26.4. The second-order valence-electron chi connectivity index (χ2n) is 36.2. The fourth-order valence-corrected chi connectivity index (χ4v) is 18.5. The Balaban J connectivity index is 0.720. The van der Waals surface area contributed by atoms with Crippen molar-refractivity contribution >= 4 is 70.5 Å². The van der Waals surface area contributed by atoms with Gasteiger partial charge >= 0.3 is 0 Å². The highest BCUT2D eigenvalue weighted by molar-refractivity contribution is 6.01. The molecule has 6 aliphatic heterocycles. The third kappa shape index (κ3) is 27.0. The van der Waals surface area contributed by atoms with Crippen LogP contribution in [0, 0.1) is 29.6 Å². The van der Waals surface area contributed by atoms with Crippen molar-refractivity contribution < 1.29 is 105 Å². The Morgan fingerprint density at radius 2 is 0.936 bits per heavy atom. The number of morpholine rings is 2. The Bertz CT molecular complexity index is 4310. The van der Waals surface area contributed by atoms with Crippen LogP contribution in [0.25, 0.3) is 0 Å². The molecule has 6 saturated heterocycles. The van der Waals surface area contributed by atoms with E-state index in [9.17, 15) is 53.1 Å². The van der Waals surface area contributed by atoms with E-state index in [1.165, 1.54) is 33.3 Å². The maximum Gasteiger partial charge on any atom is 0.243 e. The van der Waals surface area contributed by atoms with Gasteiger partial charge in [-0.15, -0.1) is 0 Å². The van der Waals surface area contributed by atoms with Crippen molar-refractivity contribution in [3.05, 3.63) is 95.1 Å². The molecule has 16 atom stereocenters. The van der Waals surface area contributed by atoms with E-state index in [-0.39, 0.29) is 155 Å². The number of ketones is 3. The lowest BCUT2D eigenvalue weighted by atomic mass is 9.76. The minimum absolute atomic E-state index is 0.00120. The van der Waals surface area contributed by atoms with Crippen molar-refractivity contribution in [2.75, 3.05) is 113 Å². The van der Waals surface area contributed by atoms with E-state index in [1.54, 1.807) is 89.4 Å². The Morgan fingerprint density at radius 3 is 1.46 bits per heavy atom. The number of aromatic hydroxyl groups is 1. The monoisotopic (exact) mass is 1740 g/mol. The molecular formula is C92H129N11O22. The molecule has 10 N–H and O–H groups in total. The first kappa shape index (κ1) is 94.6. The number of phenols is 1. The number of carbonyl (C=O) groups excluding carboxylic acids is 12. The number of benzene rings is 3. The van der Waals surface area contributed by atoms with Crippen molar-refractivity contribution in [1.29, 1.82) is 0 Å². The quantitative estimate of drug-likeness (QED) is 0.0285. The molecule has 0 spiro atoms. The Hall–Kier alpha value is -9.48. The molecule has 16 unspecified atom stereocenters. The van der Waals surface area contributed by atoms with E-state index < -0.39 is 124 Å². The highest BCUT2D eigenvalue weighted by atomic mass is 16.6. The van der Waals surface area contributed by atoms with E-state index in [0.29, 0.717) is 119 Å². The fraction of sp³-hybridized carbons (Fsp3) is 0.652. The number of allylic oxidation sites excluding steroid dienone is 1. The largest absolute Gasteiger partial charge is 0.504 e. The summed E-state index contributed by atoms with van der Waals surface area (Å²) >= 11 is 0. The van der Waals surface area contributed by atoms with Crippen LogP contribution in [0.2, 0.25) is 0 Å². The zero-order chi connectivity index (χ0) is 89.1. The van der Waals surface area contributed by atoms with Gasteiger partial charge in [0.25, 0.3) is 0 Å². The number of amides is 9. The molecule has 0 bridgehead atoms. The molecule has 3 aromatic rings. The van der Waals surface area contributed by atoms with Gasteiger partial charge < -0.3 is 95.6 Å². The predicted molar refractivity (Wildman–Crippen MR) is 457 cm³/mol. The number of methoxy groups -OCH3 is 3. The van der Waals surface area contributed by atoms with Crippen LogP contribution >= 0.6 is 0 Å². The summed E-state index contributed by atoms with van der Waals surface area (Å²) in [5.41, 5.74) is -0.788. The number of carbonyl (C=O) groups is 12. The third-order valence-electron chi connectivity index (χ3n) is 26.4. The molecule has 0 aromatic heterocycles. The fourth-order valence-electron chi connectivity index (χ4n) is 18.5. The van der Waals surface area contributed by atoms with Crippen LogP contribution in [0.4, 0.5) is 0 Å². The number of hydrogen-bond acceptors (Lipinski definition) is 24. The first-order valence-corrected chi connectivity index (χ1v) is 44.7. The Morgan fingerprint density at radius 1 is 0.464 bits per heavy atom. The lowest BCUT2D eigenvalue weighted by molar-refractivity contribution is -0.136. The molecular weight excluding hydrogens is 1610 g/mol. The van der Waals surface area contributed by atoms with Gasteiger partial charge in [0.2, 0.25) is 53.2 Å².